The number of hydrogen-bond acceptors (Lipinski definition) is 4. The van der Waals surface area contributed by atoms with E-state index < -0.39 is 6.10 Å². The number of aliphatic hydroxyl groups excluding tert-OH is 1. The van der Waals surface area contributed by atoms with Crippen molar-refractivity contribution in [3.05, 3.63) is 29.3 Å². The van der Waals surface area contributed by atoms with Crippen molar-refractivity contribution in [2.75, 3.05) is 39.3 Å². The summed E-state index contributed by atoms with van der Waals surface area (Å²) >= 11 is 0. The Morgan fingerprint density at radius 1 is 1.29 bits per heavy atom. The van der Waals surface area contributed by atoms with Gasteiger partial charge in [0.1, 0.15) is 5.75 Å². The van der Waals surface area contributed by atoms with Crippen molar-refractivity contribution in [2.45, 2.75) is 32.8 Å². The van der Waals surface area contributed by atoms with Crippen LogP contribution in [0, 0.1) is 0 Å². The Bertz CT molecular complexity index is 442. The highest BCUT2D eigenvalue weighted by Gasteiger charge is 2.19. The molecule has 1 aromatic rings. The Morgan fingerprint density at radius 3 is 2.62 bits per heavy atom. The Morgan fingerprint density at radius 2 is 2.00 bits per heavy atom. The number of aliphatic hydroxyl groups is 1. The minimum Gasteiger partial charge on any atom is -0.493 e. The molecule has 4 nitrogen and oxygen atoms in total. The van der Waals surface area contributed by atoms with Crippen molar-refractivity contribution in [2.24, 2.45) is 0 Å². The molecule has 0 amide bonds. The largest absolute Gasteiger partial charge is 0.493 e. The van der Waals surface area contributed by atoms with Crippen molar-refractivity contribution in [3.63, 3.8) is 0 Å². The zero-order valence-corrected chi connectivity index (χ0v) is 13.4. The zero-order valence-electron chi connectivity index (χ0n) is 13.4. The number of ether oxygens (including phenoxy) is 1. The fourth-order valence-electron chi connectivity index (χ4n) is 2.71. The lowest BCUT2D eigenvalue weighted by molar-refractivity contribution is 0.103. The first-order chi connectivity index (χ1) is 10.1. The summed E-state index contributed by atoms with van der Waals surface area (Å²) in [5.41, 5.74) is 2.16. The second-order valence-electron chi connectivity index (χ2n) is 5.95. The number of benzene rings is 1. The Labute approximate surface area is 128 Å². The molecule has 1 aliphatic heterocycles. The number of piperazine rings is 1. The number of nitrogens with zero attached hydrogens (tertiary/aromatic N) is 1. The van der Waals surface area contributed by atoms with Gasteiger partial charge in [0.05, 0.1) is 12.7 Å². The third-order valence-corrected chi connectivity index (χ3v) is 4.00. The lowest BCUT2D eigenvalue weighted by Gasteiger charge is -2.29. The fourth-order valence-corrected chi connectivity index (χ4v) is 2.71. The third kappa shape index (κ3) is 4.43. The van der Waals surface area contributed by atoms with Crippen LogP contribution in [-0.2, 0) is 0 Å². The van der Waals surface area contributed by atoms with Crippen LogP contribution in [0.3, 0.4) is 0 Å². The van der Waals surface area contributed by atoms with Crippen molar-refractivity contribution in [3.8, 4) is 5.75 Å². The minimum absolute atomic E-state index is 0.450. The van der Waals surface area contributed by atoms with Crippen molar-refractivity contribution in [1.82, 2.24) is 10.2 Å². The van der Waals surface area contributed by atoms with Gasteiger partial charge in [-0.05, 0) is 30.5 Å². The van der Waals surface area contributed by atoms with E-state index in [0.29, 0.717) is 19.1 Å². The minimum atomic E-state index is -0.497. The normalized spacial score (nSPS) is 18.0. The molecule has 2 N–H and O–H groups in total. The number of rotatable bonds is 6. The van der Waals surface area contributed by atoms with Gasteiger partial charge in [-0.25, -0.2) is 0 Å². The van der Waals surface area contributed by atoms with E-state index in [0.717, 1.165) is 37.5 Å². The summed E-state index contributed by atoms with van der Waals surface area (Å²) in [5.74, 6) is 1.26. The molecule has 4 heteroatoms. The molecule has 118 valence electrons. The average Bonchev–Trinajstić information content (AvgIpc) is 2.48. The fraction of sp³-hybridized carbons (Fsp3) is 0.647. The van der Waals surface area contributed by atoms with Crippen LogP contribution in [0.2, 0.25) is 0 Å². The molecule has 0 spiro atoms. The second kappa shape index (κ2) is 7.78. The molecule has 1 atom stereocenters. The van der Waals surface area contributed by atoms with Gasteiger partial charge in [0.25, 0.3) is 0 Å². The van der Waals surface area contributed by atoms with E-state index in [2.05, 4.69) is 36.2 Å². The highest BCUT2D eigenvalue weighted by molar-refractivity contribution is 5.40. The molecular weight excluding hydrogens is 264 g/mol. The summed E-state index contributed by atoms with van der Waals surface area (Å²) in [4.78, 5) is 2.30. The van der Waals surface area contributed by atoms with E-state index in [4.69, 9.17) is 4.74 Å². The van der Waals surface area contributed by atoms with Crippen molar-refractivity contribution >= 4 is 0 Å². The van der Waals surface area contributed by atoms with Gasteiger partial charge in [0, 0.05) is 38.3 Å². The van der Waals surface area contributed by atoms with Crippen LogP contribution >= 0.6 is 0 Å². The van der Waals surface area contributed by atoms with Crippen LogP contribution in [0.15, 0.2) is 18.2 Å². The van der Waals surface area contributed by atoms with Gasteiger partial charge in [0.15, 0.2) is 0 Å². The zero-order chi connectivity index (χ0) is 15.2. The smallest absolute Gasteiger partial charge is 0.125 e. The lowest BCUT2D eigenvalue weighted by Crippen LogP contribution is -2.45. The van der Waals surface area contributed by atoms with Crippen LogP contribution in [-0.4, -0.2) is 49.3 Å². The molecule has 1 saturated heterocycles. The van der Waals surface area contributed by atoms with Gasteiger partial charge in [0.2, 0.25) is 0 Å². The van der Waals surface area contributed by atoms with E-state index in [-0.39, 0.29) is 0 Å². The monoisotopic (exact) mass is 292 g/mol. The van der Waals surface area contributed by atoms with Gasteiger partial charge in [-0.2, -0.15) is 0 Å². The number of nitrogens with one attached hydrogen (secondary N) is 1. The van der Waals surface area contributed by atoms with Crippen LogP contribution in [0.1, 0.15) is 43.9 Å². The summed E-state index contributed by atoms with van der Waals surface area (Å²) in [7, 11) is 0. The molecule has 1 unspecified atom stereocenters. The maximum absolute atomic E-state index is 10.6. The van der Waals surface area contributed by atoms with E-state index in [1.165, 1.54) is 5.56 Å². The number of hydrogen-bond donors (Lipinski definition) is 2. The third-order valence-electron chi connectivity index (χ3n) is 4.00. The van der Waals surface area contributed by atoms with Crippen molar-refractivity contribution < 1.29 is 9.84 Å². The highest BCUT2D eigenvalue weighted by Crippen LogP contribution is 2.30. The maximum atomic E-state index is 10.6. The molecule has 0 aromatic heterocycles. The highest BCUT2D eigenvalue weighted by atomic mass is 16.5. The Kier molecular flexibility index (Phi) is 6.03. The van der Waals surface area contributed by atoms with Gasteiger partial charge >= 0.3 is 0 Å². The van der Waals surface area contributed by atoms with Gasteiger partial charge in [-0.15, -0.1) is 0 Å². The van der Waals surface area contributed by atoms with Gasteiger partial charge in [-0.3, -0.25) is 4.90 Å². The molecule has 1 heterocycles. The maximum Gasteiger partial charge on any atom is 0.125 e. The molecule has 21 heavy (non-hydrogen) atoms. The molecular formula is C17H28N2O2. The molecule has 0 saturated carbocycles. The Balaban J connectivity index is 2.15. The van der Waals surface area contributed by atoms with Crippen LogP contribution < -0.4 is 10.1 Å². The lowest BCUT2D eigenvalue weighted by atomic mass is 9.97. The molecule has 2 rings (SSSR count). The predicted molar refractivity (Wildman–Crippen MR) is 86.0 cm³/mol. The first-order valence-electron chi connectivity index (χ1n) is 7.99. The van der Waals surface area contributed by atoms with E-state index >= 15 is 0 Å². The Hall–Kier alpha value is -1.10. The summed E-state index contributed by atoms with van der Waals surface area (Å²) in [6.07, 6.45) is -0.497. The van der Waals surface area contributed by atoms with E-state index in [9.17, 15) is 5.11 Å². The second-order valence-corrected chi connectivity index (χ2v) is 5.95. The van der Waals surface area contributed by atoms with E-state index in [1.807, 2.05) is 13.0 Å². The summed E-state index contributed by atoms with van der Waals surface area (Å²) in [5, 5.41) is 14.0. The summed E-state index contributed by atoms with van der Waals surface area (Å²) in [6, 6.07) is 6.19. The average molecular weight is 292 g/mol. The summed E-state index contributed by atoms with van der Waals surface area (Å²) in [6.45, 7) is 11.6. The summed E-state index contributed by atoms with van der Waals surface area (Å²) < 4.78 is 5.69. The van der Waals surface area contributed by atoms with Gasteiger partial charge < -0.3 is 15.2 Å². The first-order valence-corrected chi connectivity index (χ1v) is 7.99. The molecule has 0 aliphatic carbocycles. The van der Waals surface area contributed by atoms with Crippen LogP contribution in [0.4, 0.5) is 0 Å². The van der Waals surface area contributed by atoms with E-state index in [1.54, 1.807) is 0 Å². The standard InChI is InChI=1S/C17H28N2O2/c1-4-21-17-6-5-14(13(2)3)11-15(17)16(20)12-19-9-7-18-8-10-19/h5-6,11,13,16,18,20H,4,7-10,12H2,1-3H3. The van der Waals surface area contributed by atoms with Gasteiger partial charge in [-0.1, -0.05) is 19.9 Å². The first kappa shape index (κ1) is 16.3. The van der Waals surface area contributed by atoms with Crippen LogP contribution in [0.25, 0.3) is 0 Å². The predicted octanol–water partition coefficient (Wildman–Crippen LogP) is 2.15. The molecule has 1 fully saturated rings. The molecule has 1 aliphatic rings. The number of β-amino-alcohol motifs (C(OH)–C–C–N with tert-alkyl or cyclic N) is 1. The topological polar surface area (TPSA) is 44.7 Å². The quantitative estimate of drug-likeness (QED) is 0.843. The van der Waals surface area contributed by atoms with Crippen LogP contribution in [0.5, 0.6) is 5.75 Å². The SMILES string of the molecule is CCOc1ccc(C(C)C)cc1C(O)CN1CCNCC1. The van der Waals surface area contributed by atoms with Crippen molar-refractivity contribution in [1.29, 1.82) is 0 Å². The molecule has 0 bridgehead atoms. The molecule has 0 radical (unpaired) electrons. The molecule has 1 aromatic carbocycles.